The molecule has 2 heterocycles. The van der Waals surface area contributed by atoms with Gasteiger partial charge < -0.3 is 20.0 Å². The van der Waals surface area contributed by atoms with Gasteiger partial charge in [-0.3, -0.25) is 14.4 Å². The van der Waals surface area contributed by atoms with Gasteiger partial charge in [0.15, 0.2) is 5.13 Å². The third-order valence-corrected chi connectivity index (χ3v) is 6.99. The number of amides is 3. The highest BCUT2D eigenvalue weighted by molar-refractivity contribution is 7.13. The predicted octanol–water partition coefficient (Wildman–Crippen LogP) is 3.91. The Labute approximate surface area is 226 Å². The number of halogens is 1. The maximum absolute atomic E-state index is 14.1. The van der Waals surface area contributed by atoms with Gasteiger partial charge in [0.25, 0.3) is 5.91 Å². The van der Waals surface area contributed by atoms with Crippen molar-refractivity contribution < 1.29 is 18.8 Å². The number of aromatic nitrogens is 1. The van der Waals surface area contributed by atoms with Crippen molar-refractivity contribution in [2.75, 3.05) is 49.5 Å². The van der Waals surface area contributed by atoms with Crippen molar-refractivity contribution in [3.8, 4) is 0 Å². The van der Waals surface area contributed by atoms with Crippen LogP contribution < -0.4 is 10.2 Å². The minimum atomic E-state index is -0.341. The van der Waals surface area contributed by atoms with Crippen molar-refractivity contribution in [2.24, 2.45) is 5.92 Å². The van der Waals surface area contributed by atoms with Crippen LogP contribution in [0, 0.1) is 11.7 Å². The fourth-order valence-electron chi connectivity index (χ4n) is 4.37. The Bertz CT molecular complexity index is 1260. The van der Waals surface area contributed by atoms with E-state index in [2.05, 4.69) is 10.3 Å². The van der Waals surface area contributed by atoms with Gasteiger partial charge in [-0.15, -0.1) is 11.3 Å². The summed E-state index contributed by atoms with van der Waals surface area (Å²) in [5.41, 5.74) is 1.66. The first-order chi connectivity index (χ1) is 18.3. The van der Waals surface area contributed by atoms with Crippen LogP contribution in [0.3, 0.4) is 0 Å². The van der Waals surface area contributed by atoms with Crippen LogP contribution in [0.2, 0.25) is 0 Å². The second-order valence-electron chi connectivity index (χ2n) is 9.63. The number of thiazole rings is 1. The summed E-state index contributed by atoms with van der Waals surface area (Å²) in [7, 11) is 0. The van der Waals surface area contributed by atoms with Gasteiger partial charge in [0.05, 0.1) is 17.8 Å². The highest BCUT2D eigenvalue weighted by atomic mass is 32.1. The molecule has 4 rings (SSSR count). The minimum absolute atomic E-state index is 0.0575. The third-order valence-electron chi connectivity index (χ3n) is 6.18. The number of carbonyl (C=O) groups is 3. The number of nitrogens with one attached hydrogen (secondary N) is 1. The Kier molecular flexibility index (Phi) is 9.06. The van der Waals surface area contributed by atoms with Crippen LogP contribution >= 0.6 is 11.3 Å². The molecule has 0 unspecified atom stereocenters. The van der Waals surface area contributed by atoms with Crippen molar-refractivity contribution >= 4 is 39.9 Å². The molecule has 0 spiro atoms. The zero-order chi connectivity index (χ0) is 27.1. The first-order valence-electron chi connectivity index (χ1n) is 12.7. The van der Waals surface area contributed by atoms with Gasteiger partial charge in [-0.1, -0.05) is 44.2 Å². The van der Waals surface area contributed by atoms with Crippen molar-refractivity contribution in [1.82, 2.24) is 14.8 Å². The second kappa shape index (κ2) is 12.6. The summed E-state index contributed by atoms with van der Waals surface area (Å²) in [5.74, 6) is -0.665. The lowest BCUT2D eigenvalue weighted by Gasteiger charge is -2.36. The number of carbonyl (C=O) groups excluding carboxylic acids is 3. The molecule has 8 nitrogen and oxygen atoms in total. The maximum atomic E-state index is 14.1. The summed E-state index contributed by atoms with van der Waals surface area (Å²) in [6, 6.07) is 15.5. The second-order valence-corrected chi connectivity index (χ2v) is 10.5. The van der Waals surface area contributed by atoms with E-state index in [4.69, 9.17) is 0 Å². The van der Waals surface area contributed by atoms with E-state index in [1.54, 1.807) is 52.7 Å². The number of hydrogen-bond donors (Lipinski definition) is 1. The van der Waals surface area contributed by atoms with Crippen LogP contribution in [0.1, 0.15) is 29.9 Å². The van der Waals surface area contributed by atoms with Crippen LogP contribution in [-0.4, -0.2) is 71.8 Å². The van der Waals surface area contributed by atoms with Gasteiger partial charge in [-0.2, -0.15) is 0 Å². The predicted molar refractivity (Wildman–Crippen MR) is 147 cm³/mol. The van der Waals surface area contributed by atoms with E-state index < -0.39 is 0 Å². The number of benzene rings is 2. The van der Waals surface area contributed by atoms with Crippen LogP contribution in [0.5, 0.6) is 0 Å². The number of hydrogen-bond acceptors (Lipinski definition) is 6. The molecule has 10 heteroatoms. The molecule has 1 aliphatic heterocycles. The van der Waals surface area contributed by atoms with Crippen LogP contribution in [-0.2, 0) is 16.0 Å². The molecule has 0 saturated carbocycles. The molecule has 3 amide bonds. The van der Waals surface area contributed by atoms with Gasteiger partial charge >= 0.3 is 0 Å². The molecule has 2 aromatic carbocycles. The minimum Gasteiger partial charge on any atom is -0.366 e. The summed E-state index contributed by atoms with van der Waals surface area (Å²) in [6.45, 7) is 6.46. The SMILES string of the molecule is CC(C)CN(CC(=O)Nc1nc(CC(=O)N2CCN(c3ccccc3F)CC2)cs1)C(=O)c1ccccc1. The number of nitrogens with zero attached hydrogens (tertiary/aromatic N) is 4. The fourth-order valence-corrected chi connectivity index (χ4v) is 5.10. The summed E-state index contributed by atoms with van der Waals surface area (Å²) >= 11 is 1.24. The first-order valence-corrected chi connectivity index (χ1v) is 13.5. The van der Waals surface area contributed by atoms with Gasteiger partial charge in [-0.05, 0) is 30.2 Å². The lowest BCUT2D eigenvalue weighted by Crippen LogP contribution is -2.49. The summed E-state index contributed by atoms with van der Waals surface area (Å²) in [4.78, 5) is 48.2. The Morgan fingerprint density at radius 2 is 1.71 bits per heavy atom. The van der Waals surface area contributed by atoms with E-state index in [9.17, 15) is 18.8 Å². The number of rotatable bonds is 9. The van der Waals surface area contributed by atoms with Gasteiger partial charge in [0.2, 0.25) is 11.8 Å². The first kappa shape index (κ1) is 27.3. The lowest BCUT2D eigenvalue weighted by molar-refractivity contribution is -0.130. The normalized spacial score (nSPS) is 13.5. The standard InChI is InChI=1S/C28H32FN5O3S/c1-20(2)17-34(27(37)21-8-4-3-5-9-21)18-25(35)31-28-30-22(19-38-28)16-26(36)33-14-12-32(13-15-33)24-11-7-6-10-23(24)29/h3-11,19-20H,12-18H2,1-2H3,(H,30,31,35). The summed E-state index contributed by atoms with van der Waals surface area (Å²) in [5, 5.41) is 4.90. The lowest BCUT2D eigenvalue weighted by atomic mass is 10.1. The molecule has 38 heavy (non-hydrogen) atoms. The topological polar surface area (TPSA) is 85.8 Å². The van der Waals surface area contributed by atoms with Gasteiger partial charge in [0.1, 0.15) is 12.4 Å². The Morgan fingerprint density at radius 3 is 2.39 bits per heavy atom. The number of para-hydroxylation sites is 1. The van der Waals surface area contributed by atoms with Gasteiger partial charge in [-0.25, -0.2) is 9.37 Å². The number of piperazine rings is 1. The molecule has 3 aromatic rings. The molecular weight excluding hydrogens is 505 g/mol. The largest absolute Gasteiger partial charge is 0.366 e. The molecule has 200 valence electrons. The van der Waals surface area contributed by atoms with Crippen molar-refractivity contribution in [2.45, 2.75) is 20.3 Å². The maximum Gasteiger partial charge on any atom is 0.254 e. The molecule has 0 atom stereocenters. The van der Waals surface area contributed by atoms with E-state index in [0.717, 1.165) is 0 Å². The molecule has 1 fully saturated rings. The summed E-state index contributed by atoms with van der Waals surface area (Å²) < 4.78 is 14.1. The average molecular weight is 538 g/mol. The van der Waals surface area contributed by atoms with Crippen LogP contribution in [0.4, 0.5) is 15.2 Å². The van der Waals surface area contributed by atoms with Gasteiger partial charge in [0, 0.05) is 43.7 Å². The Balaban J connectivity index is 1.28. The quantitative estimate of drug-likeness (QED) is 0.447. The molecule has 0 aliphatic carbocycles. The fraction of sp³-hybridized carbons (Fsp3) is 0.357. The van der Waals surface area contributed by atoms with Crippen LogP contribution in [0.15, 0.2) is 60.0 Å². The van der Waals surface area contributed by atoms with Crippen molar-refractivity contribution in [3.63, 3.8) is 0 Å². The molecule has 1 saturated heterocycles. The zero-order valence-electron chi connectivity index (χ0n) is 21.6. The smallest absolute Gasteiger partial charge is 0.254 e. The van der Waals surface area contributed by atoms with Crippen molar-refractivity contribution in [3.05, 3.63) is 77.1 Å². The molecule has 0 bridgehead atoms. The van der Waals surface area contributed by atoms with E-state index in [1.165, 1.54) is 22.3 Å². The molecule has 1 aromatic heterocycles. The monoisotopic (exact) mass is 537 g/mol. The number of anilines is 2. The highest BCUT2D eigenvalue weighted by Crippen LogP contribution is 2.21. The Hall–Kier alpha value is -3.79. The molecule has 0 radical (unpaired) electrons. The highest BCUT2D eigenvalue weighted by Gasteiger charge is 2.24. The third kappa shape index (κ3) is 7.16. The van der Waals surface area contributed by atoms with E-state index >= 15 is 0 Å². The molecule has 1 aliphatic rings. The summed E-state index contributed by atoms with van der Waals surface area (Å²) in [6.07, 6.45) is 0.123. The van der Waals surface area contributed by atoms with E-state index in [-0.39, 0.29) is 42.4 Å². The van der Waals surface area contributed by atoms with E-state index in [1.807, 2.05) is 24.8 Å². The van der Waals surface area contributed by atoms with E-state index in [0.29, 0.717) is 54.8 Å². The van der Waals surface area contributed by atoms with Crippen molar-refractivity contribution in [1.29, 1.82) is 0 Å². The van der Waals surface area contributed by atoms with Crippen LogP contribution in [0.25, 0.3) is 0 Å². The molecular formula is C28H32FN5O3S. The Morgan fingerprint density at radius 1 is 1.03 bits per heavy atom. The zero-order valence-corrected chi connectivity index (χ0v) is 22.4. The average Bonchev–Trinajstić information content (AvgIpc) is 3.34. The molecule has 1 N–H and O–H groups in total.